The number of nitrogens with two attached hydrogens (primary N) is 1. The van der Waals surface area contributed by atoms with Crippen molar-refractivity contribution in [2.24, 2.45) is 0 Å². The molecule has 0 radical (unpaired) electrons. The minimum Gasteiger partial charge on any atom is -0.497 e. The summed E-state index contributed by atoms with van der Waals surface area (Å²) in [6.07, 6.45) is 1.01. The van der Waals surface area contributed by atoms with Crippen LogP contribution in [0.25, 0.3) is 0 Å². The van der Waals surface area contributed by atoms with E-state index in [9.17, 15) is 4.79 Å². The summed E-state index contributed by atoms with van der Waals surface area (Å²) in [5, 5.41) is 2.88. The van der Waals surface area contributed by atoms with E-state index in [-0.39, 0.29) is 5.91 Å². The number of rotatable bonds is 5. The van der Waals surface area contributed by atoms with Gasteiger partial charge in [-0.15, -0.1) is 0 Å². The average Bonchev–Trinajstić information content (AvgIpc) is 2.52. The van der Waals surface area contributed by atoms with Gasteiger partial charge in [-0.2, -0.15) is 0 Å². The molecule has 0 bridgehead atoms. The van der Waals surface area contributed by atoms with Gasteiger partial charge in [0.1, 0.15) is 5.75 Å². The number of hydrogen-bond donors (Lipinski definition) is 2. The predicted molar refractivity (Wildman–Crippen MR) is 84.4 cm³/mol. The molecule has 110 valence electrons. The number of hydrogen-bond acceptors (Lipinski definition) is 3. The molecular weight excluding hydrogens is 264 g/mol. The average molecular weight is 284 g/mol. The van der Waals surface area contributed by atoms with Gasteiger partial charge in [0.25, 0.3) is 5.91 Å². The van der Waals surface area contributed by atoms with E-state index in [0.717, 1.165) is 12.0 Å². The third-order valence-corrected chi connectivity index (χ3v) is 3.31. The molecule has 0 aromatic heterocycles. The van der Waals surface area contributed by atoms with Crippen molar-refractivity contribution in [3.05, 3.63) is 59.2 Å². The number of anilines is 1. The van der Waals surface area contributed by atoms with Crippen molar-refractivity contribution >= 4 is 11.6 Å². The third kappa shape index (κ3) is 3.99. The number of nitrogen functional groups attached to an aromatic ring is 1. The van der Waals surface area contributed by atoms with Gasteiger partial charge in [-0.1, -0.05) is 31.2 Å². The zero-order chi connectivity index (χ0) is 15.2. The summed E-state index contributed by atoms with van der Waals surface area (Å²) in [4.78, 5) is 12.1. The van der Waals surface area contributed by atoms with Crippen LogP contribution in [0.4, 0.5) is 5.69 Å². The van der Waals surface area contributed by atoms with Gasteiger partial charge >= 0.3 is 0 Å². The zero-order valence-electron chi connectivity index (χ0n) is 12.3. The van der Waals surface area contributed by atoms with Gasteiger partial charge in [0, 0.05) is 23.9 Å². The topological polar surface area (TPSA) is 64.4 Å². The van der Waals surface area contributed by atoms with E-state index in [4.69, 9.17) is 10.5 Å². The van der Waals surface area contributed by atoms with E-state index in [0.29, 0.717) is 23.5 Å². The van der Waals surface area contributed by atoms with E-state index in [1.54, 1.807) is 25.3 Å². The van der Waals surface area contributed by atoms with Gasteiger partial charge in [-0.3, -0.25) is 4.79 Å². The lowest BCUT2D eigenvalue weighted by Crippen LogP contribution is -2.22. The van der Waals surface area contributed by atoms with E-state index in [1.807, 2.05) is 12.1 Å². The van der Waals surface area contributed by atoms with Crippen LogP contribution >= 0.6 is 0 Å². The molecule has 0 saturated heterocycles. The van der Waals surface area contributed by atoms with E-state index >= 15 is 0 Å². The maximum Gasteiger partial charge on any atom is 0.251 e. The van der Waals surface area contributed by atoms with E-state index in [2.05, 4.69) is 24.4 Å². The SMILES string of the molecule is CCc1ccc(CNC(=O)c2cc(N)cc(OC)c2)cc1. The van der Waals surface area contributed by atoms with Crippen LogP contribution in [0.3, 0.4) is 0 Å². The number of aryl methyl sites for hydroxylation is 1. The van der Waals surface area contributed by atoms with Crippen LogP contribution in [-0.4, -0.2) is 13.0 Å². The summed E-state index contributed by atoms with van der Waals surface area (Å²) < 4.78 is 5.11. The Morgan fingerprint density at radius 3 is 2.43 bits per heavy atom. The second-order valence-electron chi connectivity index (χ2n) is 4.85. The monoisotopic (exact) mass is 284 g/mol. The first-order chi connectivity index (χ1) is 10.1. The van der Waals surface area contributed by atoms with E-state index < -0.39 is 0 Å². The Bertz CT molecular complexity index is 621. The Balaban J connectivity index is 2.02. The molecule has 2 rings (SSSR count). The van der Waals surface area contributed by atoms with Gasteiger partial charge in [0.15, 0.2) is 0 Å². The number of methoxy groups -OCH3 is 1. The predicted octanol–water partition coefficient (Wildman–Crippen LogP) is 2.77. The van der Waals surface area contributed by atoms with Crippen LogP contribution in [0.2, 0.25) is 0 Å². The number of amides is 1. The smallest absolute Gasteiger partial charge is 0.251 e. The molecule has 0 aliphatic heterocycles. The molecule has 0 aliphatic rings. The Labute approximate surface area is 124 Å². The maximum absolute atomic E-state index is 12.1. The summed E-state index contributed by atoms with van der Waals surface area (Å²) in [5.41, 5.74) is 9.10. The molecule has 0 saturated carbocycles. The number of ether oxygens (including phenoxy) is 1. The quantitative estimate of drug-likeness (QED) is 0.830. The van der Waals surface area contributed by atoms with Gasteiger partial charge in [-0.05, 0) is 29.7 Å². The fraction of sp³-hybridized carbons (Fsp3) is 0.235. The van der Waals surface area contributed by atoms with Gasteiger partial charge in [0.2, 0.25) is 0 Å². The number of carbonyl (C=O) groups is 1. The highest BCUT2D eigenvalue weighted by Crippen LogP contribution is 2.18. The van der Waals surface area contributed by atoms with Crippen LogP contribution in [-0.2, 0) is 13.0 Å². The first-order valence-corrected chi connectivity index (χ1v) is 6.93. The first-order valence-electron chi connectivity index (χ1n) is 6.93. The fourth-order valence-electron chi connectivity index (χ4n) is 2.05. The van der Waals surface area contributed by atoms with Crippen LogP contribution in [0, 0.1) is 0 Å². The Morgan fingerprint density at radius 2 is 1.81 bits per heavy atom. The summed E-state index contributed by atoms with van der Waals surface area (Å²) in [6, 6.07) is 13.2. The lowest BCUT2D eigenvalue weighted by Gasteiger charge is -2.08. The molecule has 0 aliphatic carbocycles. The van der Waals surface area contributed by atoms with Crippen LogP contribution in [0.5, 0.6) is 5.75 Å². The lowest BCUT2D eigenvalue weighted by molar-refractivity contribution is 0.0950. The van der Waals surface area contributed by atoms with Gasteiger partial charge in [-0.25, -0.2) is 0 Å². The molecule has 4 nitrogen and oxygen atoms in total. The van der Waals surface area contributed by atoms with Crippen LogP contribution in [0.15, 0.2) is 42.5 Å². The van der Waals surface area contributed by atoms with Crippen molar-refractivity contribution in [3.63, 3.8) is 0 Å². The van der Waals surface area contributed by atoms with Crippen molar-refractivity contribution in [3.8, 4) is 5.75 Å². The summed E-state index contributed by atoms with van der Waals surface area (Å²) in [6.45, 7) is 2.60. The van der Waals surface area contributed by atoms with Crippen LogP contribution < -0.4 is 15.8 Å². The largest absolute Gasteiger partial charge is 0.497 e. The van der Waals surface area contributed by atoms with Crippen molar-refractivity contribution in [1.29, 1.82) is 0 Å². The summed E-state index contributed by atoms with van der Waals surface area (Å²) >= 11 is 0. The Kier molecular flexibility index (Phi) is 4.82. The normalized spacial score (nSPS) is 10.2. The molecule has 1 amide bonds. The summed E-state index contributed by atoms with van der Waals surface area (Å²) in [5.74, 6) is 0.410. The number of nitrogens with one attached hydrogen (secondary N) is 1. The van der Waals surface area contributed by atoms with Crippen LogP contribution in [0.1, 0.15) is 28.4 Å². The molecule has 0 fully saturated rings. The standard InChI is InChI=1S/C17H20N2O2/c1-3-12-4-6-13(7-5-12)11-19-17(20)14-8-15(18)10-16(9-14)21-2/h4-10H,3,11,18H2,1-2H3,(H,19,20). The molecular formula is C17H20N2O2. The molecule has 2 aromatic rings. The third-order valence-electron chi connectivity index (χ3n) is 3.31. The highest BCUT2D eigenvalue weighted by Gasteiger charge is 2.08. The molecule has 0 heterocycles. The number of benzene rings is 2. The second-order valence-corrected chi connectivity index (χ2v) is 4.85. The van der Waals surface area contributed by atoms with Crippen molar-refractivity contribution in [2.45, 2.75) is 19.9 Å². The number of carbonyl (C=O) groups excluding carboxylic acids is 1. The van der Waals surface area contributed by atoms with Crippen molar-refractivity contribution < 1.29 is 9.53 Å². The maximum atomic E-state index is 12.1. The fourth-order valence-corrected chi connectivity index (χ4v) is 2.05. The highest BCUT2D eigenvalue weighted by molar-refractivity contribution is 5.95. The minimum atomic E-state index is -0.167. The van der Waals surface area contributed by atoms with Gasteiger partial charge < -0.3 is 15.8 Å². The Morgan fingerprint density at radius 1 is 1.14 bits per heavy atom. The van der Waals surface area contributed by atoms with Crippen molar-refractivity contribution in [2.75, 3.05) is 12.8 Å². The molecule has 0 unspecified atom stereocenters. The van der Waals surface area contributed by atoms with E-state index in [1.165, 1.54) is 5.56 Å². The first kappa shape index (κ1) is 14.9. The minimum absolute atomic E-state index is 0.167. The molecule has 21 heavy (non-hydrogen) atoms. The molecule has 0 atom stereocenters. The lowest BCUT2D eigenvalue weighted by atomic mass is 10.1. The summed E-state index contributed by atoms with van der Waals surface area (Å²) in [7, 11) is 1.55. The zero-order valence-corrected chi connectivity index (χ0v) is 12.3. The molecule has 0 spiro atoms. The highest BCUT2D eigenvalue weighted by atomic mass is 16.5. The second kappa shape index (κ2) is 6.79. The Hall–Kier alpha value is -2.49. The molecule has 3 N–H and O–H groups in total. The van der Waals surface area contributed by atoms with Gasteiger partial charge in [0.05, 0.1) is 7.11 Å². The molecule has 4 heteroatoms. The van der Waals surface area contributed by atoms with Crippen molar-refractivity contribution in [1.82, 2.24) is 5.32 Å². The molecule has 2 aromatic carbocycles.